The molecule has 1 aromatic carbocycles. The van der Waals surface area contributed by atoms with E-state index in [9.17, 15) is 23.1 Å². The van der Waals surface area contributed by atoms with Gasteiger partial charge in [0.15, 0.2) is 0 Å². The van der Waals surface area contributed by atoms with Gasteiger partial charge in [0.05, 0.1) is 18.2 Å². The van der Waals surface area contributed by atoms with Crippen molar-refractivity contribution in [2.45, 2.75) is 37.9 Å². The summed E-state index contributed by atoms with van der Waals surface area (Å²) in [5, 5.41) is 9.18. The first kappa shape index (κ1) is 15.8. The van der Waals surface area contributed by atoms with Gasteiger partial charge in [-0.3, -0.25) is 4.79 Å². The van der Waals surface area contributed by atoms with Gasteiger partial charge < -0.3 is 10.0 Å². The number of halogens is 3. The molecule has 2 rings (SSSR count). The summed E-state index contributed by atoms with van der Waals surface area (Å²) < 4.78 is 37.8. The summed E-state index contributed by atoms with van der Waals surface area (Å²) in [5.74, 6) is -0.107. The Balaban J connectivity index is 1.95. The molecule has 21 heavy (non-hydrogen) atoms. The number of carbonyl (C=O) groups excluding carboxylic acids is 1. The van der Waals surface area contributed by atoms with Gasteiger partial charge in [-0.05, 0) is 30.9 Å². The zero-order valence-corrected chi connectivity index (χ0v) is 11.6. The molecular weight excluding hydrogens is 283 g/mol. The van der Waals surface area contributed by atoms with Gasteiger partial charge >= 0.3 is 6.18 Å². The lowest BCUT2D eigenvalue weighted by molar-refractivity contribution is -0.137. The molecule has 1 atom stereocenters. The number of amides is 1. The number of alkyl halides is 3. The molecule has 1 N–H and O–H groups in total. The van der Waals surface area contributed by atoms with E-state index in [0.29, 0.717) is 12.1 Å². The highest BCUT2D eigenvalue weighted by Gasteiger charge is 2.31. The van der Waals surface area contributed by atoms with E-state index in [4.69, 9.17) is 0 Å². The summed E-state index contributed by atoms with van der Waals surface area (Å²) in [6.07, 6.45) is -2.28. The van der Waals surface area contributed by atoms with Gasteiger partial charge in [-0.25, -0.2) is 0 Å². The third-order valence-corrected chi connectivity index (χ3v) is 3.79. The number of likely N-dealkylation sites (tertiary alicyclic amines) is 1. The summed E-state index contributed by atoms with van der Waals surface area (Å²) in [4.78, 5) is 13.7. The molecule has 1 aliphatic heterocycles. The van der Waals surface area contributed by atoms with Crippen LogP contribution < -0.4 is 0 Å². The van der Waals surface area contributed by atoms with Crippen LogP contribution >= 0.6 is 0 Å². The summed E-state index contributed by atoms with van der Waals surface area (Å²) in [6.45, 7) is 0.557. The molecule has 1 amide bonds. The Morgan fingerprint density at radius 1 is 1.38 bits per heavy atom. The lowest BCUT2D eigenvalue weighted by atomic mass is 10.1. The average Bonchev–Trinajstić information content (AvgIpc) is 2.92. The van der Waals surface area contributed by atoms with Crippen molar-refractivity contribution in [3.63, 3.8) is 0 Å². The number of carbonyl (C=O) groups is 1. The van der Waals surface area contributed by atoms with E-state index in [0.717, 1.165) is 25.0 Å². The molecule has 3 nitrogen and oxygen atoms in total. The summed E-state index contributed by atoms with van der Waals surface area (Å²) in [6, 6.07) is 4.92. The Bertz CT molecular complexity index is 502. The third-order valence-electron chi connectivity index (χ3n) is 3.79. The molecule has 116 valence electrons. The first-order valence-corrected chi connectivity index (χ1v) is 6.98. The van der Waals surface area contributed by atoms with Gasteiger partial charge in [-0.2, -0.15) is 13.2 Å². The Morgan fingerprint density at radius 3 is 2.81 bits per heavy atom. The lowest BCUT2D eigenvalue weighted by Crippen LogP contribution is -2.37. The largest absolute Gasteiger partial charge is 0.416 e. The van der Waals surface area contributed by atoms with Gasteiger partial charge in [-0.1, -0.05) is 18.2 Å². The summed E-state index contributed by atoms with van der Waals surface area (Å²) >= 11 is 0. The number of rotatable bonds is 4. The van der Waals surface area contributed by atoms with Crippen LogP contribution in [0.5, 0.6) is 0 Å². The normalized spacial score (nSPS) is 19.0. The van der Waals surface area contributed by atoms with Crippen LogP contribution in [-0.2, 0) is 17.4 Å². The minimum Gasteiger partial charge on any atom is -0.394 e. The van der Waals surface area contributed by atoms with Gasteiger partial charge in [0.1, 0.15) is 0 Å². The number of aliphatic hydroxyl groups excluding tert-OH is 1. The highest BCUT2D eigenvalue weighted by atomic mass is 19.4. The third kappa shape index (κ3) is 3.97. The molecule has 0 bridgehead atoms. The van der Waals surface area contributed by atoms with Crippen LogP contribution in [0.3, 0.4) is 0 Å². The van der Waals surface area contributed by atoms with E-state index in [1.54, 1.807) is 11.0 Å². The Morgan fingerprint density at radius 2 is 2.14 bits per heavy atom. The maximum atomic E-state index is 12.6. The molecule has 6 heteroatoms. The van der Waals surface area contributed by atoms with Crippen molar-refractivity contribution in [2.75, 3.05) is 13.2 Å². The van der Waals surface area contributed by atoms with E-state index in [1.165, 1.54) is 6.07 Å². The molecule has 1 fully saturated rings. The fourth-order valence-corrected chi connectivity index (χ4v) is 2.65. The van der Waals surface area contributed by atoms with Crippen LogP contribution in [0.4, 0.5) is 13.2 Å². The summed E-state index contributed by atoms with van der Waals surface area (Å²) in [7, 11) is 0. The van der Waals surface area contributed by atoms with Crippen LogP contribution in [0.2, 0.25) is 0 Å². The van der Waals surface area contributed by atoms with Crippen LogP contribution in [0.25, 0.3) is 0 Å². The van der Waals surface area contributed by atoms with Gasteiger partial charge in [0, 0.05) is 13.0 Å². The summed E-state index contributed by atoms with van der Waals surface area (Å²) in [5.41, 5.74) is -0.195. The number of benzene rings is 1. The fourth-order valence-electron chi connectivity index (χ4n) is 2.65. The molecule has 0 aromatic heterocycles. The molecule has 0 saturated carbocycles. The first-order chi connectivity index (χ1) is 9.91. The standard InChI is InChI=1S/C15H18F3NO2/c16-15(17,18)12-4-1-3-11(9-12)6-7-14(21)19-8-2-5-13(19)10-20/h1,3-4,9,13,20H,2,5-8,10H2. The smallest absolute Gasteiger partial charge is 0.394 e. The van der Waals surface area contributed by atoms with Crippen molar-refractivity contribution in [3.8, 4) is 0 Å². The molecule has 0 radical (unpaired) electrons. The van der Waals surface area contributed by atoms with Crippen molar-refractivity contribution >= 4 is 5.91 Å². The highest BCUT2D eigenvalue weighted by Crippen LogP contribution is 2.29. The SMILES string of the molecule is O=C(CCc1cccc(C(F)(F)F)c1)N1CCCC1CO. The second-order valence-electron chi connectivity index (χ2n) is 5.26. The number of nitrogens with zero attached hydrogens (tertiary/aromatic N) is 1. The Labute approximate surface area is 121 Å². The molecular formula is C15H18F3NO2. The van der Waals surface area contributed by atoms with Gasteiger partial charge in [0.25, 0.3) is 0 Å². The van der Waals surface area contributed by atoms with Crippen molar-refractivity contribution in [2.24, 2.45) is 0 Å². The number of hydrogen-bond donors (Lipinski definition) is 1. The zero-order chi connectivity index (χ0) is 15.5. The minimum atomic E-state index is -4.36. The van der Waals surface area contributed by atoms with E-state index in [1.807, 2.05) is 0 Å². The molecule has 1 aromatic rings. The number of aryl methyl sites for hydroxylation is 1. The van der Waals surface area contributed by atoms with Crippen LogP contribution in [0, 0.1) is 0 Å². The van der Waals surface area contributed by atoms with Crippen molar-refractivity contribution in [3.05, 3.63) is 35.4 Å². The van der Waals surface area contributed by atoms with Crippen LogP contribution in [0.15, 0.2) is 24.3 Å². The predicted octanol–water partition coefficient (Wildman–Crippen LogP) is 2.62. The van der Waals surface area contributed by atoms with Gasteiger partial charge in [-0.15, -0.1) is 0 Å². The number of aliphatic hydroxyl groups is 1. The first-order valence-electron chi connectivity index (χ1n) is 6.98. The zero-order valence-electron chi connectivity index (χ0n) is 11.6. The molecule has 1 saturated heterocycles. The number of hydrogen-bond acceptors (Lipinski definition) is 2. The minimum absolute atomic E-state index is 0.0602. The van der Waals surface area contributed by atoms with Crippen LogP contribution in [0.1, 0.15) is 30.4 Å². The highest BCUT2D eigenvalue weighted by molar-refractivity contribution is 5.77. The second kappa shape index (κ2) is 6.47. The van der Waals surface area contributed by atoms with Crippen molar-refractivity contribution in [1.29, 1.82) is 0 Å². The van der Waals surface area contributed by atoms with Crippen molar-refractivity contribution in [1.82, 2.24) is 4.90 Å². The lowest BCUT2D eigenvalue weighted by Gasteiger charge is -2.23. The Kier molecular flexibility index (Phi) is 4.88. The van der Waals surface area contributed by atoms with E-state index < -0.39 is 11.7 Å². The van der Waals surface area contributed by atoms with Gasteiger partial charge in [0.2, 0.25) is 5.91 Å². The molecule has 1 unspecified atom stereocenters. The van der Waals surface area contributed by atoms with Crippen molar-refractivity contribution < 1.29 is 23.1 Å². The van der Waals surface area contributed by atoms with Crippen LogP contribution in [-0.4, -0.2) is 35.1 Å². The van der Waals surface area contributed by atoms with E-state index in [-0.39, 0.29) is 31.4 Å². The topological polar surface area (TPSA) is 40.5 Å². The fraction of sp³-hybridized carbons (Fsp3) is 0.533. The molecule has 1 heterocycles. The molecule has 1 aliphatic rings. The maximum absolute atomic E-state index is 12.6. The average molecular weight is 301 g/mol. The maximum Gasteiger partial charge on any atom is 0.416 e. The monoisotopic (exact) mass is 301 g/mol. The molecule has 0 spiro atoms. The van der Waals surface area contributed by atoms with E-state index in [2.05, 4.69) is 0 Å². The second-order valence-corrected chi connectivity index (χ2v) is 5.26. The molecule has 0 aliphatic carbocycles. The predicted molar refractivity (Wildman–Crippen MR) is 71.6 cm³/mol. The Hall–Kier alpha value is -1.56. The quantitative estimate of drug-likeness (QED) is 0.928. The van der Waals surface area contributed by atoms with E-state index >= 15 is 0 Å².